The van der Waals surface area contributed by atoms with E-state index in [-0.39, 0.29) is 34.6 Å². The van der Waals surface area contributed by atoms with E-state index >= 15 is 0 Å². The van der Waals surface area contributed by atoms with Crippen LogP contribution in [-0.4, -0.2) is 21.3 Å². The van der Waals surface area contributed by atoms with Crippen LogP contribution in [-0.2, 0) is 6.54 Å². The normalized spacial score (nSPS) is 10.3. The number of hydrogen-bond donors (Lipinski definition) is 2. The van der Waals surface area contributed by atoms with Crippen LogP contribution >= 0.6 is 0 Å². The van der Waals surface area contributed by atoms with E-state index in [1.54, 1.807) is 30.3 Å². The number of hydrogen-bond acceptors (Lipinski definition) is 5. The van der Waals surface area contributed by atoms with Crippen molar-refractivity contribution in [3.05, 3.63) is 104 Å². The zero-order valence-corrected chi connectivity index (χ0v) is 15.1. The number of para-hydroxylation sites is 1. The highest BCUT2D eigenvalue weighted by Crippen LogP contribution is 2.16. The summed E-state index contributed by atoms with van der Waals surface area (Å²) in [6.45, 7) is 0.135. The van der Waals surface area contributed by atoms with Gasteiger partial charge in [-0.2, -0.15) is 0 Å². The minimum absolute atomic E-state index is 0.0534. The van der Waals surface area contributed by atoms with E-state index in [1.165, 1.54) is 41.1 Å². The summed E-state index contributed by atoms with van der Waals surface area (Å²) in [5, 5.41) is 13.3. The van der Waals surface area contributed by atoms with E-state index in [4.69, 9.17) is 5.73 Å². The van der Waals surface area contributed by atoms with Crippen molar-refractivity contribution >= 4 is 23.2 Å². The van der Waals surface area contributed by atoms with Crippen molar-refractivity contribution in [1.29, 1.82) is 0 Å². The molecule has 0 aliphatic heterocycles. The Morgan fingerprint density at radius 3 is 2.38 bits per heavy atom. The minimum Gasteiger partial charge on any atom is -0.366 e. The Hall–Kier alpha value is -4.27. The van der Waals surface area contributed by atoms with Gasteiger partial charge in [0.1, 0.15) is 0 Å². The van der Waals surface area contributed by atoms with Crippen molar-refractivity contribution in [1.82, 2.24) is 4.57 Å². The molecule has 146 valence electrons. The summed E-state index contributed by atoms with van der Waals surface area (Å²) in [5.74, 6) is -1.19. The number of nitrogens with zero attached hydrogens (tertiary/aromatic N) is 2. The predicted molar refractivity (Wildman–Crippen MR) is 106 cm³/mol. The first-order valence-electron chi connectivity index (χ1n) is 8.49. The molecule has 9 nitrogen and oxygen atoms in total. The number of anilines is 1. The van der Waals surface area contributed by atoms with Crippen LogP contribution in [0.5, 0.6) is 0 Å². The highest BCUT2D eigenvalue weighted by molar-refractivity contribution is 6.08. The first-order valence-corrected chi connectivity index (χ1v) is 8.49. The average Bonchev–Trinajstić information content (AvgIpc) is 2.70. The van der Waals surface area contributed by atoms with Gasteiger partial charge in [-0.25, -0.2) is 0 Å². The second kappa shape index (κ2) is 8.17. The van der Waals surface area contributed by atoms with E-state index in [2.05, 4.69) is 5.32 Å². The van der Waals surface area contributed by atoms with Crippen LogP contribution in [0.15, 0.2) is 71.7 Å². The highest BCUT2D eigenvalue weighted by atomic mass is 16.6. The fourth-order valence-electron chi connectivity index (χ4n) is 2.71. The number of aromatic nitrogens is 1. The number of rotatable bonds is 6. The van der Waals surface area contributed by atoms with Gasteiger partial charge in [0, 0.05) is 24.4 Å². The van der Waals surface area contributed by atoms with Gasteiger partial charge in [-0.05, 0) is 23.8 Å². The molecule has 0 radical (unpaired) electrons. The Balaban J connectivity index is 1.83. The van der Waals surface area contributed by atoms with Crippen LogP contribution in [0.4, 0.5) is 11.4 Å². The molecule has 9 heteroatoms. The third-order valence-corrected chi connectivity index (χ3v) is 4.19. The fraction of sp³-hybridized carbons (Fsp3) is 0.0500. The number of nitrogens with two attached hydrogens (primary N) is 1. The second-order valence-corrected chi connectivity index (χ2v) is 6.17. The zero-order valence-electron chi connectivity index (χ0n) is 15.1. The maximum atomic E-state index is 12.6. The minimum atomic E-state index is -0.677. The number of amides is 2. The summed E-state index contributed by atoms with van der Waals surface area (Å²) in [6.07, 6.45) is 1.38. The first kappa shape index (κ1) is 19.5. The van der Waals surface area contributed by atoms with Crippen molar-refractivity contribution in [2.75, 3.05) is 5.32 Å². The SMILES string of the molecule is NC(=O)c1ccccc1NC(=O)c1ccc(=O)n(Cc2ccc([N+](=O)[O-])cc2)c1. The predicted octanol–water partition coefficient (Wildman–Crippen LogP) is 2.16. The maximum absolute atomic E-state index is 12.6. The molecule has 0 unspecified atom stereocenters. The Kier molecular flexibility index (Phi) is 5.49. The number of nitro groups is 1. The molecule has 29 heavy (non-hydrogen) atoms. The molecule has 3 aromatic rings. The van der Waals surface area contributed by atoms with Gasteiger partial charge in [0.2, 0.25) is 0 Å². The number of carbonyl (C=O) groups excluding carboxylic acids is 2. The third kappa shape index (κ3) is 4.53. The molecule has 3 N–H and O–H groups in total. The van der Waals surface area contributed by atoms with Crippen LogP contribution in [0.1, 0.15) is 26.3 Å². The van der Waals surface area contributed by atoms with Gasteiger partial charge in [0.15, 0.2) is 0 Å². The highest BCUT2D eigenvalue weighted by Gasteiger charge is 2.13. The summed E-state index contributed by atoms with van der Waals surface area (Å²) in [7, 11) is 0. The van der Waals surface area contributed by atoms with Gasteiger partial charge in [-0.1, -0.05) is 24.3 Å². The zero-order chi connectivity index (χ0) is 21.0. The van der Waals surface area contributed by atoms with E-state index in [0.29, 0.717) is 5.56 Å². The van der Waals surface area contributed by atoms with Gasteiger partial charge >= 0.3 is 0 Å². The first-order chi connectivity index (χ1) is 13.8. The summed E-state index contributed by atoms with van der Waals surface area (Å²) in [5.41, 5.74) is 6.21. The van der Waals surface area contributed by atoms with Crippen molar-refractivity contribution in [3.8, 4) is 0 Å². The maximum Gasteiger partial charge on any atom is 0.269 e. The Morgan fingerprint density at radius 1 is 1.03 bits per heavy atom. The molecule has 3 rings (SSSR count). The van der Waals surface area contributed by atoms with Crippen LogP contribution in [0.2, 0.25) is 0 Å². The summed E-state index contributed by atoms with van der Waals surface area (Å²) in [4.78, 5) is 46.4. The molecule has 0 aliphatic carbocycles. The van der Waals surface area contributed by atoms with E-state index in [0.717, 1.165) is 0 Å². The molecule has 0 saturated carbocycles. The van der Waals surface area contributed by atoms with Gasteiger partial charge in [-0.15, -0.1) is 0 Å². The van der Waals surface area contributed by atoms with Crippen LogP contribution in [0.3, 0.4) is 0 Å². The molecule has 0 bridgehead atoms. The number of non-ortho nitro benzene ring substituents is 1. The lowest BCUT2D eigenvalue weighted by atomic mass is 10.1. The summed E-state index contributed by atoms with van der Waals surface area (Å²) in [6, 6.07) is 14.7. The lowest BCUT2D eigenvalue weighted by Gasteiger charge is -2.11. The molecule has 0 atom stereocenters. The molecule has 0 saturated heterocycles. The molecule has 1 aromatic heterocycles. The van der Waals surface area contributed by atoms with Crippen LogP contribution in [0, 0.1) is 10.1 Å². The number of pyridine rings is 1. The average molecular weight is 392 g/mol. The Bertz CT molecular complexity index is 1150. The van der Waals surface area contributed by atoms with Crippen LogP contribution < -0.4 is 16.6 Å². The quantitative estimate of drug-likeness (QED) is 0.489. The van der Waals surface area contributed by atoms with E-state index < -0.39 is 16.7 Å². The molecular formula is C20H16N4O5. The van der Waals surface area contributed by atoms with Crippen molar-refractivity contribution in [2.24, 2.45) is 5.73 Å². The summed E-state index contributed by atoms with van der Waals surface area (Å²) >= 11 is 0. The van der Waals surface area contributed by atoms with Crippen LogP contribution in [0.25, 0.3) is 0 Å². The monoisotopic (exact) mass is 392 g/mol. The Labute approximate surface area is 164 Å². The second-order valence-electron chi connectivity index (χ2n) is 6.17. The Morgan fingerprint density at radius 2 is 1.72 bits per heavy atom. The van der Waals surface area contributed by atoms with Gasteiger partial charge < -0.3 is 15.6 Å². The third-order valence-electron chi connectivity index (χ3n) is 4.19. The standard InChI is InChI=1S/C20H16N4O5/c21-19(26)16-3-1-2-4-17(16)22-20(27)14-7-10-18(25)23(12-14)11-13-5-8-15(9-6-13)24(28)29/h1-10,12H,11H2,(H2,21,26)(H,22,27). The summed E-state index contributed by atoms with van der Waals surface area (Å²) < 4.78 is 1.32. The lowest BCUT2D eigenvalue weighted by Crippen LogP contribution is -2.23. The lowest BCUT2D eigenvalue weighted by molar-refractivity contribution is -0.384. The largest absolute Gasteiger partial charge is 0.366 e. The van der Waals surface area contributed by atoms with Crippen molar-refractivity contribution < 1.29 is 14.5 Å². The van der Waals surface area contributed by atoms with Gasteiger partial charge in [0.25, 0.3) is 23.1 Å². The van der Waals surface area contributed by atoms with Gasteiger partial charge in [0.05, 0.1) is 28.3 Å². The van der Waals surface area contributed by atoms with E-state index in [9.17, 15) is 24.5 Å². The van der Waals surface area contributed by atoms with E-state index in [1.807, 2.05) is 0 Å². The molecule has 0 fully saturated rings. The number of primary amides is 1. The number of carbonyl (C=O) groups is 2. The van der Waals surface area contributed by atoms with Crippen molar-refractivity contribution in [2.45, 2.75) is 6.54 Å². The van der Waals surface area contributed by atoms with Gasteiger partial charge in [-0.3, -0.25) is 24.5 Å². The molecule has 0 aliphatic rings. The molecule has 1 heterocycles. The number of benzene rings is 2. The smallest absolute Gasteiger partial charge is 0.269 e. The topological polar surface area (TPSA) is 137 Å². The molecule has 0 spiro atoms. The molecular weight excluding hydrogens is 376 g/mol. The van der Waals surface area contributed by atoms with Crippen molar-refractivity contribution in [3.63, 3.8) is 0 Å². The molecule has 2 amide bonds. The fourth-order valence-corrected chi connectivity index (χ4v) is 2.71. The molecule has 2 aromatic carbocycles. The number of nitro benzene ring substituents is 1. The number of nitrogens with one attached hydrogen (secondary N) is 1.